The maximum absolute atomic E-state index is 9.30. The maximum atomic E-state index is 9.30. The van der Waals surface area contributed by atoms with E-state index in [2.05, 4.69) is 19.7 Å². The Morgan fingerprint density at radius 3 is 2.62 bits per heavy atom. The molecule has 2 aromatic rings. The molecule has 0 aliphatic heterocycles. The molecular weight excluding hydrogens is 228 g/mol. The van der Waals surface area contributed by atoms with E-state index in [0.29, 0.717) is 5.89 Å². The van der Waals surface area contributed by atoms with Crippen molar-refractivity contribution in [3.63, 3.8) is 0 Å². The standard InChI is InChI=1S/C9H12N4O2S/c1-4(2)6-7(16-13-11-6)9-10-8(5(3)14)12-15-9/h4-5,14H,1-3H3. The minimum atomic E-state index is -0.735. The number of aromatic nitrogens is 4. The predicted molar refractivity (Wildman–Crippen MR) is 57.9 cm³/mol. The van der Waals surface area contributed by atoms with Gasteiger partial charge >= 0.3 is 0 Å². The van der Waals surface area contributed by atoms with Crippen LogP contribution in [0.3, 0.4) is 0 Å². The molecule has 1 N–H and O–H groups in total. The van der Waals surface area contributed by atoms with Crippen molar-refractivity contribution in [2.75, 3.05) is 0 Å². The minimum absolute atomic E-state index is 0.246. The van der Waals surface area contributed by atoms with Crippen LogP contribution in [0.2, 0.25) is 0 Å². The van der Waals surface area contributed by atoms with Crippen LogP contribution in [0.25, 0.3) is 10.8 Å². The number of aliphatic hydroxyl groups excluding tert-OH is 1. The summed E-state index contributed by atoms with van der Waals surface area (Å²) in [4.78, 5) is 4.87. The highest BCUT2D eigenvalue weighted by Crippen LogP contribution is 2.29. The summed E-state index contributed by atoms with van der Waals surface area (Å²) in [5.41, 5.74) is 0.839. The molecule has 0 aromatic carbocycles. The quantitative estimate of drug-likeness (QED) is 0.880. The van der Waals surface area contributed by atoms with Gasteiger partial charge < -0.3 is 9.63 Å². The molecule has 2 aromatic heterocycles. The van der Waals surface area contributed by atoms with E-state index in [1.807, 2.05) is 13.8 Å². The molecule has 86 valence electrons. The number of aliphatic hydroxyl groups is 1. The molecule has 0 fully saturated rings. The third kappa shape index (κ3) is 1.96. The molecule has 0 saturated heterocycles. The number of nitrogens with zero attached hydrogens (tertiary/aromatic N) is 4. The van der Waals surface area contributed by atoms with E-state index < -0.39 is 6.10 Å². The van der Waals surface area contributed by atoms with Crippen LogP contribution in [-0.2, 0) is 0 Å². The van der Waals surface area contributed by atoms with Gasteiger partial charge in [0.2, 0.25) is 0 Å². The average Bonchev–Trinajstić information content (AvgIpc) is 2.86. The third-order valence-electron chi connectivity index (χ3n) is 2.07. The molecule has 0 amide bonds. The van der Waals surface area contributed by atoms with Gasteiger partial charge in [-0.25, -0.2) is 0 Å². The van der Waals surface area contributed by atoms with Crippen molar-refractivity contribution in [2.24, 2.45) is 0 Å². The summed E-state index contributed by atoms with van der Waals surface area (Å²) in [5, 5.41) is 17.0. The second-order valence-corrected chi connectivity index (χ2v) is 4.53. The van der Waals surface area contributed by atoms with E-state index in [4.69, 9.17) is 4.52 Å². The third-order valence-corrected chi connectivity index (χ3v) is 2.80. The fraction of sp³-hybridized carbons (Fsp3) is 0.556. The van der Waals surface area contributed by atoms with Crippen molar-refractivity contribution in [3.05, 3.63) is 11.5 Å². The topological polar surface area (TPSA) is 84.9 Å². The average molecular weight is 240 g/mol. The second-order valence-electron chi connectivity index (χ2n) is 3.78. The molecule has 6 nitrogen and oxygen atoms in total. The summed E-state index contributed by atoms with van der Waals surface area (Å²) >= 11 is 1.22. The summed E-state index contributed by atoms with van der Waals surface area (Å²) in [6.45, 7) is 5.63. The van der Waals surface area contributed by atoms with Crippen molar-refractivity contribution in [2.45, 2.75) is 32.8 Å². The van der Waals surface area contributed by atoms with E-state index in [9.17, 15) is 5.11 Å². The van der Waals surface area contributed by atoms with Crippen LogP contribution >= 0.6 is 11.5 Å². The van der Waals surface area contributed by atoms with Gasteiger partial charge in [0.15, 0.2) is 5.82 Å². The van der Waals surface area contributed by atoms with E-state index in [1.165, 1.54) is 11.5 Å². The van der Waals surface area contributed by atoms with E-state index in [0.717, 1.165) is 10.6 Å². The molecule has 16 heavy (non-hydrogen) atoms. The lowest BCUT2D eigenvalue weighted by molar-refractivity contribution is 0.184. The van der Waals surface area contributed by atoms with Gasteiger partial charge in [0.1, 0.15) is 11.0 Å². The zero-order chi connectivity index (χ0) is 11.7. The normalized spacial score (nSPS) is 13.3. The summed E-state index contributed by atoms with van der Waals surface area (Å²) in [6.07, 6.45) is -0.735. The van der Waals surface area contributed by atoms with Crippen LogP contribution in [0.15, 0.2) is 4.52 Å². The summed E-state index contributed by atoms with van der Waals surface area (Å²) in [5.74, 6) is 0.892. The lowest BCUT2D eigenvalue weighted by atomic mass is 10.1. The monoisotopic (exact) mass is 240 g/mol. The Bertz CT molecular complexity index is 477. The van der Waals surface area contributed by atoms with Crippen LogP contribution < -0.4 is 0 Å². The van der Waals surface area contributed by atoms with Crippen LogP contribution in [0.5, 0.6) is 0 Å². The molecule has 0 aliphatic rings. The largest absolute Gasteiger partial charge is 0.385 e. The second kappa shape index (κ2) is 4.26. The Morgan fingerprint density at radius 1 is 1.31 bits per heavy atom. The van der Waals surface area contributed by atoms with E-state index in [-0.39, 0.29) is 11.7 Å². The first-order valence-corrected chi connectivity index (χ1v) is 5.71. The van der Waals surface area contributed by atoms with Crippen LogP contribution in [0.1, 0.15) is 44.3 Å². The first-order valence-electron chi connectivity index (χ1n) is 4.94. The van der Waals surface area contributed by atoms with Gasteiger partial charge in [0.25, 0.3) is 5.89 Å². The van der Waals surface area contributed by atoms with Crippen molar-refractivity contribution in [1.29, 1.82) is 0 Å². The summed E-state index contributed by atoms with van der Waals surface area (Å²) < 4.78 is 8.95. The molecule has 0 aliphatic carbocycles. The first kappa shape index (κ1) is 11.2. The fourth-order valence-corrected chi connectivity index (χ4v) is 1.96. The fourth-order valence-electron chi connectivity index (χ4n) is 1.22. The SMILES string of the molecule is CC(C)c1nnsc1-c1nc(C(C)O)no1. The van der Waals surface area contributed by atoms with Gasteiger partial charge in [0.05, 0.1) is 5.69 Å². The molecule has 1 unspecified atom stereocenters. The number of hydrogen-bond acceptors (Lipinski definition) is 7. The van der Waals surface area contributed by atoms with Crippen molar-refractivity contribution < 1.29 is 9.63 Å². The summed E-state index contributed by atoms with van der Waals surface area (Å²) in [7, 11) is 0. The molecule has 2 rings (SSSR count). The Labute approximate surface area is 96.5 Å². The molecule has 0 saturated carbocycles. The Hall–Kier alpha value is -1.34. The molecule has 0 spiro atoms. The van der Waals surface area contributed by atoms with Crippen molar-refractivity contribution in [3.8, 4) is 10.8 Å². The predicted octanol–water partition coefficient (Wildman–Crippen LogP) is 1.76. The van der Waals surface area contributed by atoms with Crippen LogP contribution in [-0.4, -0.2) is 24.8 Å². The summed E-state index contributed by atoms with van der Waals surface area (Å²) in [6, 6.07) is 0. The number of rotatable bonds is 3. The van der Waals surface area contributed by atoms with Gasteiger partial charge in [-0.2, -0.15) is 4.98 Å². The molecule has 0 bridgehead atoms. The van der Waals surface area contributed by atoms with Crippen LogP contribution in [0, 0.1) is 0 Å². The van der Waals surface area contributed by atoms with E-state index in [1.54, 1.807) is 6.92 Å². The lowest BCUT2D eigenvalue weighted by Crippen LogP contribution is -1.94. The first-order chi connectivity index (χ1) is 7.59. The Balaban J connectivity index is 2.39. The van der Waals surface area contributed by atoms with Crippen molar-refractivity contribution in [1.82, 2.24) is 19.7 Å². The zero-order valence-electron chi connectivity index (χ0n) is 9.21. The molecule has 0 radical (unpaired) electrons. The molecule has 1 atom stereocenters. The van der Waals surface area contributed by atoms with Gasteiger partial charge in [-0.05, 0) is 24.4 Å². The maximum Gasteiger partial charge on any atom is 0.271 e. The zero-order valence-corrected chi connectivity index (χ0v) is 10.0. The highest BCUT2D eigenvalue weighted by Gasteiger charge is 2.20. The van der Waals surface area contributed by atoms with Gasteiger partial charge in [-0.15, -0.1) is 5.10 Å². The number of hydrogen-bond donors (Lipinski definition) is 1. The molecule has 7 heteroatoms. The minimum Gasteiger partial charge on any atom is -0.385 e. The Morgan fingerprint density at radius 2 is 2.06 bits per heavy atom. The Kier molecular flexibility index (Phi) is 2.97. The lowest BCUT2D eigenvalue weighted by Gasteiger charge is -1.98. The van der Waals surface area contributed by atoms with Crippen LogP contribution in [0.4, 0.5) is 0 Å². The van der Waals surface area contributed by atoms with Gasteiger partial charge in [0, 0.05) is 0 Å². The molecular formula is C9H12N4O2S. The van der Waals surface area contributed by atoms with Crippen molar-refractivity contribution >= 4 is 11.5 Å². The highest BCUT2D eigenvalue weighted by molar-refractivity contribution is 7.09. The smallest absolute Gasteiger partial charge is 0.271 e. The molecule has 2 heterocycles. The van der Waals surface area contributed by atoms with Gasteiger partial charge in [-0.1, -0.05) is 23.5 Å². The highest BCUT2D eigenvalue weighted by atomic mass is 32.1. The van der Waals surface area contributed by atoms with Gasteiger partial charge in [-0.3, -0.25) is 0 Å². The van der Waals surface area contributed by atoms with E-state index >= 15 is 0 Å².